The maximum absolute atomic E-state index is 13.8. The predicted octanol–water partition coefficient (Wildman–Crippen LogP) is 3.89. The van der Waals surface area contributed by atoms with Crippen LogP contribution in [0.3, 0.4) is 0 Å². The fourth-order valence-corrected chi connectivity index (χ4v) is 5.37. The Kier molecular flexibility index (Phi) is 5.17. The molecule has 8 heteroatoms. The van der Waals surface area contributed by atoms with E-state index in [2.05, 4.69) is 20.7 Å². The highest BCUT2D eigenvalue weighted by Crippen LogP contribution is 2.48. The van der Waals surface area contributed by atoms with Crippen molar-refractivity contribution < 1.29 is 19.2 Å². The van der Waals surface area contributed by atoms with Crippen LogP contribution in [0.2, 0.25) is 0 Å². The number of piperidine rings is 1. The highest BCUT2D eigenvalue weighted by molar-refractivity contribution is 6.09. The van der Waals surface area contributed by atoms with Crippen molar-refractivity contribution >= 4 is 17.7 Å². The van der Waals surface area contributed by atoms with E-state index >= 15 is 0 Å². The molecule has 1 fully saturated rings. The fourth-order valence-electron chi connectivity index (χ4n) is 5.37. The van der Waals surface area contributed by atoms with Gasteiger partial charge in [0.1, 0.15) is 5.76 Å². The van der Waals surface area contributed by atoms with Gasteiger partial charge in [-0.15, -0.1) is 0 Å². The molecule has 2 aliphatic heterocycles. The largest absolute Gasteiger partial charge is 0.465 e. The van der Waals surface area contributed by atoms with Gasteiger partial charge in [-0.3, -0.25) is 9.69 Å². The van der Waals surface area contributed by atoms with Crippen LogP contribution in [-0.2, 0) is 10.3 Å². The van der Waals surface area contributed by atoms with Crippen molar-refractivity contribution in [2.45, 2.75) is 38.3 Å². The zero-order valence-corrected chi connectivity index (χ0v) is 18.6. The second kappa shape index (κ2) is 8.04. The van der Waals surface area contributed by atoms with Gasteiger partial charge in [0.25, 0.3) is 5.91 Å². The monoisotopic (exact) mass is 446 g/mol. The Bertz CT molecular complexity index is 1200. The van der Waals surface area contributed by atoms with Crippen LogP contribution in [0.15, 0.2) is 53.1 Å². The summed E-state index contributed by atoms with van der Waals surface area (Å²) in [6, 6.07) is 15.4. The van der Waals surface area contributed by atoms with Crippen molar-refractivity contribution in [1.29, 1.82) is 0 Å². The van der Waals surface area contributed by atoms with Gasteiger partial charge < -0.3 is 20.3 Å². The molecule has 3 N–H and O–H groups in total. The summed E-state index contributed by atoms with van der Waals surface area (Å²) in [4.78, 5) is 27.2. The molecule has 0 bridgehead atoms. The van der Waals surface area contributed by atoms with Crippen LogP contribution >= 0.6 is 0 Å². The van der Waals surface area contributed by atoms with Crippen LogP contribution in [0.1, 0.15) is 35.4 Å². The number of aryl methyl sites for hydroxylation is 2. The van der Waals surface area contributed by atoms with Gasteiger partial charge >= 0.3 is 6.09 Å². The van der Waals surface area contributed by atoms with E-state index in [-0.39, 0.29) is 11.9 Å². The zero-order valence-electron chi connectivity index (χ0n) is 18.6. The van der Waals surface area contributed by atoms with Gasteiger partial charge in [0.05, 0.1) is 5.69 Å². The first-order valence-corrected chi connectivity index (χ1v) is 11.1. The standard InChI is InChI=1S/C25H26N4O4/c1-15-22(16(2)33-28-15)17-10-11-21-20(13-17)25(23(30)27-21,18-7-4-3-5-8-18)29-12-6-9-19(14-29)26-24(31)32/h3-5,7-8,10-11,13,19,26H,6,9,12,14H2,1-2H3,(H,27,30)(H,31,32)/t19-,25?/m0/s1. The number of benzene rings is 2. The number of fused-ring (bicyclic) bond motifs is 1. The van der Waals surface area contributed by atoms with Crippen molar-refractivity contribution in [2.24, 2.45) is 0 Å². The van der Waals surface area contributed by atoms with E-state index in [0.717, 1.165) is 52.2 Å². The third kappa shape index (κ3) is 3.38. The van der Waals surface area contributed by atoms with Gasteiger partial charge in [-0.05, 0) is 56.5 Å². The van der Waals surface area contributed by atoms with E-state index in [1.807, 2.05) is 62.4 Å². The minimum absolute atomic E-state index is 0.129. The fraction of sp³-hybridized carbons (Fsp3) is 0.320. The Hall–Kier alpha value is -3.65. The van der Waals surface area contributed by atoms with Crippen LogP contribution in [0, 0.1) is 13.8 Å². The molecular formula is C25H26N4O4. The summed E-state index contributed by atoms with van der Waals surface area (Å²) in [7, 11) is 0. The van der Waals surface area contributed by atoms with E-state index in [9.17, 15) is 14.7 Å². The van der Waals surface area contributed by atoms with E-state index in [0.29, 0.717) is 13.1 Å². The summed E-state index contributed by atoms with van der Waals surface area (Å²) in [6.07, 6.45) is 0.472. The zero-order chi connectivity index (χ0) is 23.2. The summed E-state index contributed by atoms with van der Waals surface area (Å²) < 4.78 is 5.39. The Morgan fingerprint density at radius 2 is 2.03 bits per heavy atom. The van der Waals surface area contributed by atoms with E-state index in [4.69, 9.17) is 4.52 Å². The van der Waals surface area contributed by atoms with Crippen molar-refractivity contribution in [3.8, 4) is 11.1 Å². The first-order chi connectivity index (χ1) is 15.9. The van der Waals surface area contributed by atoms with Crippen molar-refractivity contribution in [1.82, 2.24) is 15.4 Å². The molecular weight excluding hydrogens is 420 g/mol. The average Bonchev–Trinajstić information content (AvgIpc) is 3.29. The minimum Gasteiger partial charge on any atom is -0.465 e. The molecule has 2 aliphatic rings. The van der Waals surface area contributed by atoms with Gasteiger partial charge in [-0.2, -0.15) is 0 Å². The number of carbonyl (C=O) groups excluding carboxylic acids is 1. The molecule has 0 radical (unpaired) electrons. The molecule has 5 rings (SSSR count). The molecule has 3 aromatic rings. The molecule has 2 atom stereocenters. The molecule has 0 saturated carbocycles. The number of hydrogen-bond donors (Lipinski definition) is 3. The summed E-state index contributed by atoms with van der Waals surface area (Å²) in [6.45, 7) is 4.89. The number of carbonyl (C=O) groups is 2. The molecule has 2 amide bonds. The molecule has 33 heavy (non-hydrogen) atoms. The topological polar surface area (TPSA) is 108 Å². The first kappa shape index (κ1) is 21.2. The molecule has 0 aliphatic carbocycles. The smallest absolute Gasteiger partial charge is 0.404 e. The lowest BCUT2D eigenvalue weighted by atomic mass is 9.79. The van der Waals surface area contributed by atoms with Crippen LogP contribution in [-0.4, -0.2) is 46.3 Å². The summed E-state index contributed by atoms with van der Waals surface area (Å²) in [5.74, 6) is 0.592. The minimum atomic E-state index is -1.07. The highest BCUT2D eigenvalue weighted by Gasteiger charge is 2.53. The van der Waals surface area contributed by atoms with Gasteiger partial charge in [-0.25, -0.2) is 4.79 Å². The van der Waals surface area contributed by atoms with Crippen LogP contribution in [0.4, 0.5) is 10.5 Å². The lowest BCUT2D eigenvalue weighted by molar-refractivity contribution is -0.126. The maximum Gasteiger partial charge on any atom is 0.404 e. The Morgan fingerprint density at radius 1 is 1.24 bits per heavy atom. The lowest BCUT2D eigenvalue weighted by Gasteiger charge is -2.44. The number of nitrogens with one attached hydrogen (secondary N) is 2. The molecule has 170 valence electrons. The van der Waals surface area contributed by atoms with Crippen LogP contribution < -0.4 is 10.6 Å². The van der Waals surface area contributed by atoms with Crippen molar-refractivity contribution in [2.75, 3.05) is 18.4 Å². The first-order valence-electron chi connectivity index (χ1n) is 11.1. The number of nitrogens with zero attached hydrogens (tertiary/aromatic N) is 2. The second-order valence-corrected chi connectivity index (χ2v) is 8.72. The number of carboxylic acid groups (broad SMARTS) is 1. The van der Waals surface area contributed by atoms with Crippen molar-refractivity contribution in [3.63, 3.8) is 0 Å². The van der Waals surface area contributed by atoms with E-state index in [1.165, 1.54) is 0 Å². The third-order valence-corrected chi connectivity index (χ3v) is 6.72. The molecule has 8 nitrogen and oxygen atoms in total. The van der Waals surface area contributed by atoms with Crippen LogP contribution in [0.5, 0.6) is 0 Å². The summed E-state index contributed by atoms with van der Waals surface area (Å²) in [5.41, 5.74) is 4.04. The number of likely N-dealkylation sites (tertiary alicyclic amines) is 1. The maximum atomic E-state index is 13.8. The van der Waals surface area contributed by atoms with Gasteiger partial charge in [0, 0.05) is 29.4 Å². The third-order valence-electron chi connectivity index (χ3n) is 6.72. The quantitative estimate of drug-likeness (QED) is 0.561. The predicted molar refractivity (Wildman–Crippen MR) is 123 cm³/mol. The molecule has 1 saturated heterocycles. The van der Waals surface area contributed by atoms with E-state index in [1.54, 1.807) is 0 Å². The molecule has 1 unspecified atom stereocenters. The van der Waals surface area contributed by atoms with Gasteiger partial charge in [0.2, 0.25) is 0 Å². The average molecular weight is 447 g/mol. The Morgan fingerprint density at radius 3 is 2.73 bits per heavy atom. The second-order valence-electron chi connectivity index (χ2n) is 8.72. The highest BCUT2D eigenvalue weighted by atomic mass is 16.5. The molecule has 1 aromatic heterocycles. The SMILES string of the molecule is Cc1noc(C)c1-c1ccc2c(c1)C(c1ccccc1)(N1CCC[C@H](NC(=O)O)C1)C(=O)N2. The summed E-state index contributed by atoms with van der Waals surface area (Å²) >= 11 is 0. The number of amides is 2. The summed E-state index contributed by atoms with van der Waals surface area (Å²) in [5, 5.41) is 19.1. The van der Waals surface area contributed by atoms with Gasteiger partial charge in [-0.1, -0.05) is 41.6 Å². The Labute approximate surface area is 191 Å². The Balaban J connectivity index is 1.69. The normalized spacial score (nSPS) is 22.6. The number of hydrogen-bond acceptors (Lipinski definition) is 5. The molecule has 0 spiro atoms. The van der Waals surface area contributed by atoms with Crippen molar-refractivity contribution in [3.05, 3.63) is 71.1 Å². The van der Waals surface area contributed by atoms with Gasteiger partial charge in [0.15, 0.2) is 5.54 Å². The number of anilines is 1. The van der Waals surface area contributed by atoms with E-state index < -0.39 is 11.6 Å². The lowest BCUT2D eigenvalue weighted by Crippen LogP contribution is -2.58. The number of rotatable bonds is 4. The molecule has 2 aromatic carbocycles. The number of aromatic nitrogens is 1. The molecule has 3 heterocycles. The van der Waals surface area contributed by atoms with Crippen LogP contribution in [0.25, 0.3) is 11.1 Å².